The molecule has 2 aromatic rings. The topological polar surface area (TPSA) is 74.3 Å². The fourth-order valence-corrected chi connectivity index (χ4v) is 2.31. The number of hydrogen-bond acceptors (Lipinski definition) is 4. The largest absolute Gasteiger partial charge is 0.326 e. The molecule has 1 unspecified atom stereocenters. The zero-order chi connectivity index (χ0) is 16.8. The first-order valence-electron chi connectivity index (χ1n) is 7.22. The van der Waals surface area contributed by atoms with Crippen LogP contribution in [-0.4, -0.2) is 35.8 Å². The van der Waals surface area contributed by atoms with Crippen molar-refractivity contribution in [1.82, 2.24) is 9.88 Å². The predicted octanol–water partition coefficient (Wildman–Crippen LogP) is 2.28. The van der Waals surface area contributed by atoms with E-state index in [1.165, 1.54) is 6.92 Å². The number of carbonyl (C=O) groups is 2. The van der Waals surface area contributed by atoms with E-state index in [0.717, 1.165) is 5.56 Å². The molecule has 0 saturated heterocycles. The Morgan fingerprint density at radius 3 is 2.35 bits per heavy atom. The molecule has 0 bridgehead atoms. The Kier molecular flexibility index (Phi) is 5.43. The van der Waals surface area contributed by atoms with E-state index in [-0.39, 0.29) is 11.8 Å². The van der Waals surface area contributed by atoms with Crippen molar-refractivity contribution in [2.75, 3.05) is 24.7 Å². The summed E-state index contributed by atoms with van der Waals surface area (Å²) in [5, 5.41) is 5.57. The zero-order valence-electron chi connectivity index (χ0n) is 13.4. The van der Waals surface area contributed by atoms with Crippen LogP contribution in [0.2, 0.25) is 0 Å². The number of hydrogen-bond donors (Lipinski definition) is 2. The van der Waals surface area contributed by atoms with Crippen molar-refractivity contribution in [3.8, 4) is 0 Å². The highest BCUT2D eigenvalue weighted by Gasteiger charge is 2.23. The van der Waals surface area contributed by atoms with Crippen LogP contribution >= 0.6 is 0 Å². The number of nitrogens with one attached hydrogen (secondary N) is 2. The van der Waals surface area contributed by atoms with Crippen molar-refractivity contribution in [3.05, 3.63) is 54.4 Å². The molecule has 0 aliphatic heterocycles. The summed E-state index contributed by atoms with van der Waals surface area (Å²) in [6, 6.07) is 10.3. The fraction of sp³-hybridized carbons (Fsp3) is 0.235. The lowest BCUT2D eigenvalue weighted by atomic mass is 10.1. The number of amides is 2. The lowest BCUT2D eigenvalue weighted by Gasteiger charge is -2.23. The summed E-state index contributed by atoms with van der Waals surface area (Å²) in [6.07, 6.45) is 3.35. The zero-order valence-corrected chi connectivity index (χ0v) is 13.4. The minimum Gasteiger partial charge on any atom is -0.326 e. The molecule has 23 heavy (non-hydrogen) atoms. The number of anilines is 2. The van der Waals surface area contributed by atoms with Crippen molar-refractivity contribution in [1.29, 1.82) is 0 Å². The third-order valence-corrected chi connectivity index (χ3v) is 3.22. The maximum absolute atomic E-state index is 12.6. The van der Waals surface area contributed by atoms with Gasteiger partial charge in [0, 0.05) is 30.7 Å². The van der Waals surface area contributed by atoms with Crippen LogP contribution in [0.4, 0.5) is 11.4 Å². The van der Waals surface area contributed by atoms with Crippen LogP contribution in [0.15, 0.2) is 48.8 Å². The van der Waals surface area contributed by atoms with Gasteiger partial charge >= 0.3 is 0 Å². The summed E-state index contributed by atoms with van der Waals surface area (Å²) < 4.78 is 0. The van der Waals surface area contributed by atoms with Gasteiger partial charge in [-0.25, -0.2) is 0 Å². The number of benzene rings is 1. The SMILES string of the molecule is CC(=O)Nc1cccc(NC(=O)C(c2cccnc2)N(C)C)c1. The molecule has 1 heterocycles. The van der Waals surface area contributed by atoms with Gasteiger partial charge in [0.15, 0.2) is 0 Å². The molecule has 0 aliphatic rings. The van der Waals surface area contributed by atoms with Crippen molar-refractivity contribution < 1.29 is 9.59 Å². The van der Waals surface area contributed by atoms with E-state index >= 15 is 0 Å². The Hall–Kier alpha value is -2.73. The lowest BCUT2D eigenvalue weighted by molar-refractivity contribution is -0.120. The molecular weight excluding hydrogens is 292 g/mol. The number of aromatic nitrogens is 1. The molecule has 2 rings (SSSR count). The third-order valence-electron chi connectivity index (χ3n) is 3.22. The van der Waals surface area contributed by atoms with E-state index in [0.29, 0.717) is 11.4 Å². The van der Waals surface area contributed by atoms with Gasteiger partial charge in [0.1, 0.15) is 6.04 Å². The molecule has 6 heteroatoms. The van der Waals surface area contributed by atoms with Gasteiger partial charge in [0.25, 0.3) is 0 Å². The third kappa shape index (κ3) is 4.62. The molecule has 0 radical (unpaired) electrons. The van der Waals surface area contributed by atoms with Crippen LogP contribution in [0.3, 0.4) is 0 Å². The molecule has 0 spiro atoms. The van der Waals surface area contributed by atoms with Gasteiger partial charge in [-0.15, -0.1) is 0 Å². The maximum atomic E-state index is 12.6. The average Bonchev–Trinajstić information content (AvgIpc) is 2.47. The molecule has 120 valence electrons. The molecule has 2 amide bonds. The second-order valence-electron chi connectivity index (χ2n) is 5.40. The summed E-state index contributed by atoms with van der Waals surface area (Å²) in [5.74, 6) is -0.321. The molecule has 1 aromatic carbocycles. The first-order valence-corrected chi connectivity index (χ1v) is 7.22. The van der Waals surface area contributed by atoms with Crippen LogP contribution in [0.1, 0.15) is 18.5 Å². The van der Waals surface area contributed by atoms with Gasteiger partial charge in [-0.2, -0.15) is 0 Å². The van der Waals surface area contributed by atoms with Crippen molar-refractivity contribution in [2.45, 2.75) is 13.0 Å². The molecular formula is C17H20N4O2. The van der Waals surface area contributed by atoms with Crippen LogP contribution < -0.4 is 10.6 Å². The molecule has 0 aliphatic carbocycles. The summed E-state index contributed by atoms with van der Waals surface area (Å²) >= 11 is 0. The predicted molar refractivity (Wildman–Crippen MR) is 90.0 cm³/mol. The molecule has 1 aromatic heterocycles. The molecule has 6 nitrogen and oxygen atoms in total. The second-order valence-corrected chi connectivity index (χ2v) is 5.40. The second kappa shape index (κ2) is 7.51. The summed E-state index contributed by atoms with van der Waals surface area (Å²) in [6.45, 7) is 1.44. The highest BCUT2D eigenvalue weighted by atomic mass is 16.2. The smallest absolute Gasteiger partial charge is 0.246 e. The Morgan fingerprint density at radius 2 is 1.78 bits per heavy atom. The Balaban J connectivity index is 2.18. The van der Waals surface area contributed by atoms with E-state index in [1.54, 1.807) is 42.7 Å². The van der Waals surface area contributed by atoms with Gasteiger partial charge in [-0.3, -0.25) is 19.5 Å². The quantitative estimate of drug-likeness (QED) is 0.888. The Labute approximate surface area is 135 Å². The summed E-state index contributed by atoms with van der Waals surface area (Å²) in [4.78, 5) is 29.6. The lowest BCUT2D eigenvalue weighted by Crippen LogP contribution is -2.32. The van der Waals surface area contributed by atoms with Crippen molar-refractivity contribution in [2.24, 2.45) is 0 Å². The van der Waals surface area contributed by atoms with Crippen LogP contribution in [0.5, 0.6) is 0 Å². The van der Waals surface area contributed by atoms with Crippen LogP contribution in [0.25, 0.3) is 0 Å². The standard InChI is InChI=1S/C17H20N4O2/c1-12(22)19-14-7-4-8-15(10-14)20-17(23)16(21(2)3)13-6-5-9-18-11-13/h4-11,16H,1-3H3,(H,19,22)(H,20,23). The van der Waals surface area contributed by atoms with E-state index in [2.05, 4.69) is 15.6 Å². The molecule has 2 N–H and O–H groups in total. The van der Waals surface area contributed by atoms with Gasteiger partial charge in [-0.05, 0) is 43.9 Å². The fourth-order valence-electron chi connectivity index (χ4n) is 2.31. The highest BCUT2D eigenvalue weighted by molar-refractivity contribution is 5.96. The first-order chi connectivity index (χ1) is 11.0. The number of nitrogens with zero attached hydrogens (tertiary/aromatic N) is 2. The van der Waals surface area contributed by atoms with Gasteiger partial charge in [-0.1, -0.05) is 12.1 Å². The monoisotopic (exact) mass is 312 g/mol. The molecule has 1 atom stereocenters. The number of pyridine rings is 1. The van der Waals surface area contributed by atoms with E-state index in [9.17, 15) is 9.59 Å². The van der Waals surface area contributed by atoms with Crippen molar-refractivity contribution >= 4 is 23.2 Å². The number of carbonyl (C=O) groups excluding carboxylic acids is 2. The van der Waals surface area contributed by atoms with Crippen LogP contribution in [-0.2, 0) is 9.59 Å². The summed E-state index contributed by atoms with van der Waals surface area (Å²) in [7, 11) is 3.68. The van der Waals surface area contributed by atoms with Crippen molar-refractivity contribution in [3.63, 3.8) is 0 Å². The normalized spacial score (nSPS) is 11.8. The number of rotatable bonds is 5. The van der Waals surface area contributed by atoms with E-state index < -0.39 is 6.04 Å². The minimum atomic E-state index is -0.451. The van der Waals surface area contributed by atoms with Gasteiger partial charge in [0.2, 0.25) is 11.8 Å². The minimum absolute atomic E-state index is 0.157. The average molecular weight is 312 g/mol. The summed E-state index contributed by atoms with van der Waals surface area (Å²) in [5.41, 5.74) is 2.07. The van der Waals surface area contributed by atoms with Gasteiger partial charge in [0.05, 0.1) is 0 Å². The molecule has 0 saturated carbocycles. The maximum Gasteiger partial charge on any atom is 0.246 e. The first kappa shape index (κ1) is 16.6. The highest BCUT2D eigenvalue weighted by Crippen LogP contribution is 2.21. The number of likely N-dealkylation sites (N-methyl/N-ethyl adjacent to an activating group) is 1. The Bertz CT molecular complexity index is 686. The van der Waals surface area contributed by atoms with E-state index in [4.69, 9.17) is 0 Å². The molecule has 0 fully saturated rings. The van der Waals surface area contributed by atoms with Crippen LogP contribution in [0, 0.1) is 0 Å². The van der Waals surface area contributed by atoms with Gasteiger partial charge < -0.3 is 10.6 Å². The Morgan fingerprint density at radius 1 is 1.09 bits per heavy atom. The van der Waals surface area contributed by atoms with E-state index in [1.807, 2.05) is 25.1 Å².